The molecule has 11 rings (SSSR count). The van der Waals surface area contributed by atoms with Gasteiger partial charge in [0.2, 0.25) is 0 Å². The molecule has 2 aromatic heterocycles. The number of anilines is 3. The fraction of sp³-hybridized carbons (Fsp3) is 0. The quantitative estimate of drug-likeness (QED) is 0.170. The molecule has 0 aliphatic heterocycles. The predicted octanol–water partition coefficient (Wildman–Crippen LogP) is 15.6. The zero-order valence-corrected chi connectivity index (χ0v) is 30.6. The van der Waals surface area contributed by atoms with Gasteiger partial charge in [-0.05, 0) is 93.9 Å². The second-order valence-corrected chi connectivity index (χ2v) is 15.2. The molecule has 0 bridgehead atoms. The lowest BCUT2D eigenvalue weighted by molar-refractivity contribution is 0.672. The smallest absolute Gasteiger partial charge is 0.143 e. The molecule has 0 saturated carbocycles. The van der Waals surface area contributed by atoms with Gasteiger partial charge in [-0.3, -0.25) is 0 Å². The van der Waals surface area contributed by atoms with E-state index in [1.165, 1.54) is 36.9 Å². The standard InChI is InChI=1S/C52H33NOS/c1-3-14-34(15-4-1)38-30-39(35-16-5-2-6-17-35)32-40(31-38)53(47-23-13-24-48-51(47)44-28-26-36-18-7-8-20-42(36)52(44)54-48)46-22-11-9-19-41(46)37-27-29-50-45(33-37)43-21-10-12-25-49(43)55-50/h1-33H. The van der Waals surface area contributed by atoms with E-state index in [1.54, 1.807) is 0 Å². The minimum atomic E-state index is 0.861. The molecule has 9 aromatic carbocycles. The Kier molecular flexibility index (Phi) is 7.39. The monoisotopic (exact) mass is 719 g/mol. The molecule has 0 fully saturated rings. The van der Waals surface area contributed by atoms with Gasteiger partial charge >= 0.3 is 0 Å². The zero-order valence-electron chi connectivity index (χ0n) is 29.8. The molecule has 3 heteroatoms. The largest absolute Gasteiger partial charge is 0.455 e. The molecule has 11 aromatic rings. The minimum absolute atomic E-state index is 0.861. The molecule has 0 unspecified atom stereocenters. The lowest BCUT2D eigenvalue weighted by Crippen LogP contribution is -2.12. The summed E-state index contributed by atoms with van der Waals surface area (Å²) in [7, 11) is 0. The first-order chi connectivity index (χ1) is 27.3. The van der Waals surface area contributed by atoms with E-state index >= 15 is 0 Å². The molecular weight excluding hydrogens is 687 g/mol. The van der Waals surface area contributed by atoms with Crippen LogP contribution in [0, 0.1) is 0 Å². The SMILES string of the molecule is c1ccc(-c2cc(-c3ccccc3)cc(N(c3ccccc3-c3ccc4sc5ccccc5c4c3)c3cccc4oc5c6ccccc6ccc5c34)c2)cc1. The van der Waals surface area contributed by atoms with Gasteiger partial charge in [0.25, 0.3) is 0 Å². The van der Waals surface area contributed by atoms with Crippen molar-refractivity contribution in [2.75, 3.05) is 4.90 Å². The first-order valence-corrected chi connectivity index (χ1v) is 19.5. The number of fused-ring (bicyclic) bond motifs is 8. The van der Waals surface area contributed by atoms with Crippen LogP contribution in [0.1, 0.15) is 0 Å². The van der Waals surface area contributed by atoms with E-state index in [4.69, 9.17) is 4.42 Å². The maximum atomic E-state index is 6.78. The average molecular weight is 720 g/mol. The van der Waals surface area contributed by atoms with Crippen molar-refractivity contribution in [1.29, 1.82) is 0 Å². The number of thiophene rings is 1. The van der Waals surface area contributed by atoms with Crippen molar-refractivity contribution >= 4 is 81.3 Å². The van der Waals surface area contributed by atoms with Gasteiger partial charge in [0.1, 0.15) is 11.2 Å². The Morgan fingerprint density at radius 3 is 1.84 bits per heavy atom. The van der Waals surface area contributed by atoms with Crippen LogP contribution in [0.3, 0.4) is 0 Å². The van der Waals surface area contributed by atoms with Gasteiger partial charge in [-0.15, -0.1) is 11.3 Å². The summed E-state index contributed by atoms with van der Waals surface area (Å²) in [5.74, 6) is 0. The molecule has 0 spiro atoms. The van der Waals surface area contributed by atoms with Crippen molar-refractivity contribution in [2.45, 2.75) is 0 Å². The Morgan fingerprint density at radius 1 is 0.382 bits per heavy atom. The molecular formula is C52H33NOS. The second-order valence-electron chi connectivity index (χ2n) is 14.1. The van der Waals surface area contributed by atoms with E-state index in [1.807, 2.05) is 11.3 Å². The highest BCUT2D eigenvalue weighted by molar-refractivity contribution is 7.25. The van der Waals surface area contributed by atoms with Crippen molar-refractivity contribution in [1.82, 2.24) is 0 Å². The third-order valence-corrected chi connectivity index (χ3v) is 12.0. The molecule has 55 heavy (non-hydrogen) atoms. The van der Waals surface area contributed by atoms with Gasteiger partial charge in [-0.25, -0.2) is 0 Å². The lowest BCUT2D eigenvalue weighted by atomic mass is 9.95. The molecule has 0 aliphatic carbocycles. The number of hydrogen-bond acceptors (Lipinski definition) is 3. The summed E-state index contributed by atoms with van der Waals surface area (Å²) in [6.07, 6.45) is 0. The second kappa shape index (κ2) is 12.9. The average Bonchev–Trinajstić information content (AvgIpc) is 3.83. The Bertz CT molecular complexity index is 3150. The summed E-state index contributed by atoms with van der Waals surface area (Å²) in [6, 6.07) is 72.3. The fourth-order valence-corrected chi connectivity index (χ4v) is 9.36. The molecule has 0 aliphatic rings. The molecule has 0 amide bonds. The van der Waals surface area contributed by atoms with Gasteiger partial charge in [-0.2, -0.15) is 0 Å². The number of nitrogens with zero attached hydrogens (tertiary/aromatic N) is 1. The van der Waals surface area contributed by atoms with E-state index in [-0.39, 0.29) is 0 Å². The highest BCUT2D eigenvalue weighted by Crippen LogP contribution is 2.49. The summed E-state index contributed by atoms with van der Waals surface area (Å²) >= 11 is 1.85. The molecule has 0 N–H and O–H groups in total. The van der Waals surface area contributed by atoms with Crippen molar-refractivity contribution in [2.24, 2.45) is 0 Å². The molecule has 2 nitrogen and oxygen atoms in total. The van der Waals surface area contributed by atoms with E-state index in [9.17, 15) is 0 Å². The number of rotatable bonds is 6. The highest BCUT2D eigenvalue weighted by atomic mass is 32.1. The van der Waals surface area contributed by atoms with Crippen LogP contribution in [0.15, 0.2) is 205 Å². The maximum absolute atomic E-state index is 6.78. The van der Waals surface area contributed by atoms with Crippen molar-refractivity contribution in [3.8, 4) is 33.4 Å². The Hall–Kier alpha value is -6.94. The van der Waals surface area contributed by atoms with Crippen LogP contribution in [0.5, 0.6) is 0 Å². The van der Waals surface area contributed by atoms with Gasteiger partial charge in [-0.1, -0.05) is 140 Å². The zero-order chi connectivity index (χ0) is 36.3. The molecule has 258 valence electrons. The lowest BCUT2D eigenvalue weighted by Gasteiger charge is -2.29. The normalized spacial score (nSPS) is 11.6. The summed E-state index contributed by atoms with van der Waals surface area (Å²) in [4.78, 5) is 2.45. The first-order valence-electron chi connectivity index (χ1n) is 18.7. The van der Waals surface area contributed by atoms with Gasteiger partial charge < -0.3 is 9.32 Å². The van der Waals surface area contributed by atoms with E-state index in [2.05, 4.69) is 205 Å². The topological polar surface area (TPSA) is 16.4 Å². The number of benzene rings is 9. The molecule has 2 heterocycles. The Labute approximate surface area is 322 Å². The number of para-hydroxylation sites is 1. The third kappa shape index (κ3) is 5.32. The van der Waals surface area contributed by atoms with Gasteiger partial charge in [0, 0.05) is 42.2 Å². The van der Waals surface area contributed by atoms with Crippen molar-refractivity contribution < 1.29 is 4.42 Å². The molecule has 0 radical (unpaired) electrons. The van der Waals surface area contributed by atoms with Crippen LogP contribution in [0.4, 0.5) is 17.1 Å². The van der Waals surface area contributed by atoms with Crippen LogP contribution in [0.25, 0.3) is 86.3 Å². The summed E-state index contributed by atoms with van der Waals surface area (Å²) < 4.78 is 9.39. The fourth-order valence-electron chi connectivity index (χ4n) is 8.27. The maximum Gasteiger partial charge on any atom is 0.143 e. The van der Waals surface area contributed by atoms with Crippen LogP contribution in [-0.2, 0) is 0 Å². The molecule has 0 saturated heterocycles. The van der Waals surface area contributed by atoms with Gasteiger partial charge in [0.05, 0.1) is 16.8 Å². The van der Waals surface area contributed by atoms with E-state index in [0.29, 0.717) is 0 Å². The number of furan rings is 1. The minimum Gasteiger partial charge on any atom is -0.455 e. The summed E-state index contributed by atoms with van der Waals surface area (Å²) in [5.41, 5.74) is 12.0. The van der Waals surface area contributed by atoms with E-state index in [0.717, 1.165) is 66.5 Å². The van der Waals surface area contributed by atoms with E-state index < -0.39 is 0 Å². The number of hydrogen-bond donors (Lipinski definition) is 0. The van der Waals surface area contributed by atoms with Crippen LogP contribution < -0.4 is 4.90 Å². The van der Waals surface area contributed by atoms with Crippen molar-refractivity contribution in [3.63, 3.8) is 0 Å². The Balaban J connectivity index is 1.22. The van der Waals surface area contributed by atoms with Crippen LogP contribution in [0.2, 0.25) is 0 Å². The summed E-state index contributed by atoms with van der Waals surface area (Å²) in [6.45, 7) is 0. The predicted molar refractivity (Wildman–Crippen MR) is 235 cm³/mol. The van der Waals surface area contributed by atoms with Crippen molar-refractivity contribution in [3.05, 3.63) is 200 Å². The summed E-state index contributed by atoms with van der Waals surface area (Å²) in [5, 5.41) is 7.04. The van der Waals surface area contributed by atoms with Gasteiger partial charge in [0.15, 0.2) is 0 Å². The first kappa shape index (κ1) is 31.6. The Morgan fingerprint density at radius 2 is 1.04 bits per heavy atom. The highest BCUT2D eigenvalue weighted by Gasteiger charge is 2.24. The molecule has 0 atom stereocenters. The van der Waals surface area contributed by atoms with Crippen LogP contribution >= 0.6 is 11.3 Å². The van der Waals surface area contributed by atoms with Crippen LogP contribution in [-0.4, -0.2) is 0 Å². The third-order valence-electron chi connectivity index (χ3n) is 10.8.